The maximum absolute atomic E-state index is 14.1. The molecule has 1 aromatic heterocycles. The first-order valence-electron chi connectivity index (χ1n) is 16.6. The van der Waals surface area contributed by atoms with Crippen LogP contribution in [0, 0.1) is 29.6 Å². The average Bonchev–Trinajstić information content (AvgIpc) is 3.48. The molecule has 2 aromatic carbocycles. The molecule has 46 heavy (non-hydrogen) atoms. The summed E-state index contributed by atoms with van der Waals surface area (Å²) in [6.45, 7) is 5.23. The van der Waals surface area contributed by atoms with Gasteiger partial charge in [-0.3, -0.25) is 4.79 Å². The van der Waals surface area contributed by atoms with Crippen molar-refractivity contribution in [1.82, 2.24) is 14.6 Å². The first kappa shape index (κ1) is 32.0. The zero-order chi connectivity index (χ0) is 32.0. The smallest absolute Gasteiger partial charge is 0.243 e. The Morgan fingerprint density at radius 1 is 1.09 bits per heavy atom. The Labute approximate surface area is 274 Å². The van der Waals surface area contributed by atoms with E-state index in [1.165, 1.54) is 15.6 Å². The van der Waals surface area contributed by atoms with Gasteiger partial charge in [-0.05, 0) is 73.1 Å². The maximum atomic E-state index is 14.1. The van der Waals surface area contributed by atoms with Gasteiger partial charge in [-0.15, -0.1) is 0 Å². The van der Waals surface area contributed by atoms with Crippen molar-refractivity contribution in [3.05, 3.63) is 54.1 Å². The predicted molar refractivity (Wildman–Crippen MR) is 177 cm³/mol. The fourth-order valence-corrected chi connectivity index (χ4v) is 10.2. The topological polar surface area (TPSA) is 130 Å². The molecule has 4 aliphatic rings. The van der Waals surface area contributed by atoms with Crippen molar-refractivity contribution in [3.63, 3.8) is 0 Å². The van der Waals surface area contributed by atoms with Gasteiger partial charge in [-0.25, -0.2) is 13.4 Å². The summed E-state index contributed by atoms with van der Waals surface area (Å²) in [6.07, 6.45) is 2.71. The second-order valence-corrected chi connectivity index (χ2v) is 16.9. The molecule has 3 aromatic rings. The fraction of sp³-hybridized carbons (Fsp3) is 0.588. The van der Waals surface area contributed by atoms with Crippen LogP contribution in [0.3, 0.4) is 0 Å². The van der Waals surface area contributed by atoms with Crippen LogP contribution in [-0.4, -0.2) is 79.5 Å². The third-order valence-electron chi connectivity index (χ3n) is 9.95. The quantitative estimate of drug-likeness (QED) is 0.233. The molecule has 4 fully saturated rings. The zero-order valence-electron chi connectivity index (χ0n) is 26.4. The Bertz CT molecular complexity index is 1650. The highest BCUT2D eigenvalue weighted by Crippen LogP contribution is 2.52. The third kappa shape index (κ3) is 6.84. The lowest BCUT2D eigenvalue weighted by molar-refractivity contribution is -0.165. The number of amides is 1. The van der Waals surface area contributed by atoms with Crippen LogP contribution in [0.1, 0.15) is 45.1 Å². The van der Waals surface area contributed by atoms with Crippen LogP contribution in [0.25, 0.3) is 10.2 Å². The Hall–Kier alpha value is -2.61. The number of aliphatic hydroxyl groups excluding tert-OH is 1. The van der Waals surface area contributed by atoms with E-state index in [4.69, 9.17) is 9.47 Å². The molecule has 3 heterocycles. The summed E-state index contributed by atoms with van der Waals surface area (Å²) in [6, 6.07) is 14.5. The van der Waals surface area contributed by atoms with Crippen molar-refractivity contribution >= 4 is 42.6 Å². The summed E-state index contributed by atoms with van der Waals surface area (Å²) < 4.78 is 42.1. The molecule has 1 amide bonds. The predicted octanol–water partition coefficient (Wildman–Crippen LogP) is 4.25. The fourth-order valence-electron chi connectivity index (χ4n) is 7.48. The monoisotopic (exact) mass is 668 g/mol. The number of anilines is 1. The van der Waals surface area contributed by atoms with Gasteiger partial charge in [-0.2, -0.15) is 4.31 Å². The molecule has 2 saturated carbocycles. The number of rotatable bonds is 14. The van der Waals surface area contributed by atoms with Crippen molar-refractivity contribution in [2.45, 2.75) is 75.3 Å². The number of thiazole rings is 1. The highest BCUT2D eigenvalue weighted by molar-refractivity contribution is 7.89. The molecule has 10 nitrogen and oxygen atoms in total. The highest BCUT2D eigenvalue weighted by Gasteiger charge is 2.54. The number of hydrogen-bond acceptors (Lipinski definition) is 9. The van der Waals surface area contributed by atoms with Gasteiger partial charge in [0.25, 0.3) is 0 Å². The zero-order valence-corrected chi connectivity index (χ0v) is 28.0. The molecule has 248 valence electrons. The van der Waals surface area contributed by atoms with Gasteiger partial charge in [0.1, 0.15) is 0 Å². The molecule has 3 N–H and O–H groups in total. The first-order valence-corrected chi connectivity index (χ1v) is 18.8. The van der Waals surface area contributed by atoms with Crippen LogP contribution in [0.2, 0.25) is 0 Å². The SMILES string of the molecule is CC(C)CN(C[C@@H](O)[C@H](Cc1ccccc1)NC(=O)C[C@H]1C2CO[C@H]3OCC1C3C2)S(=O)(=O)c1ccc2nc(NC3CC3)sc2c1. The maximum Gasteiger partial charge on any atom is 0.243 e. The molecule has 0 spiro atoms. The number of ether oxygens (including phenoxy) is 2. The normalized spacial score (nSPS) is 26.9. The van der Waals surface area contributed by atoms with Gasteiger partial charge in [0.2, 0.25) is 15.9 Å². The largest absolute Gasteiger partial charge is 0.390 e. The number of carbonyl (C=O) groups is 1. The standard InChI is InChI=1S/C34H44N4O6S2/c1-20(2)16-38(46(41,42)24-10-11-28-31(14-24)45-34(37-28)35-23-8-9-23)17-30(39)29(12-21-6-4-3-5-7-21)36-32(40)15-25-22-13-26-27(25)19-44-33(26)43-18-22/h3-7,10-11,14,20,22-23,25-27,29-30,33,39H,8-9,12-13,15-19H2,1-2H3,(H,35,37)(H,36,40)/t22?,25-,26?,27?,29-,30+,33-/m0/s1. The second-order valence-electron chi connectivity index (χ2n) is 13.9. The summed E-state index contributed by atoms with van der Waals surface area (Å²) in [5.74, 6) is 1.05. The molecule has 7 rings (SSSR count). The lowest BCUT2D eigenvalue weighted by atomic mass is 9.86. The minimum atomic E-state index is -3.96. The molecule has 0 radical (unpaired) electrons. The van der Waals surface area contributed by atoms with Crippen molar-refractivity contribution in [1.29, 1.82) is 0 Å². The number of sulfonamides is 1. The van der Waals surface area contributed by atoms with Crippen LogP contribution in [0.5, 0.6) is 0 Å². The molecule has 3 unspecified atom stereocenters. The van der Waals surface area contributed by atoms with E-state index in [1.54, 1.807) is 18.2 Å². The van der Waals surface area contributed by atoms with Gasteiger partial charge in [0, 0.05) is 31.5 Å². The number of nitrogens with one attached hydrogen (secondary N) is 2. The minimum absolute atomic E-state index is 0.0204. The van der Waals surface area contributed by atoms with Crippen LogP contribution in [0.15, 0.2) is 53.4 Å². The third-order valence-corrected chi connectivity index (χ3v) is 12.7. The molecular formula is C34H44N4O6S2. The second kappa shape index (κ2) is 13.1. The minimum Gasteiger partial charge on any atom is -0.390 e. The Kier molecular flexibility index (Phi) is 9.12. The van der Waals surface area contributed by atoms with E-state index in [0.29, 0.717) is 49.9 Å². The van der Waals surface area contributed by atoms with E-state index < -0.39 is 22.2 Å². The van der Waals surface area contributed by atoms with Gasteiger partial charge < -0.3 is 25.2 Å². The van der Waals surface area contributed by atoms with Crippen LogP contribution >= 0.6 is 11.3 Å². The number of benzene rings is 2. The van der Waals surface area contributed by atoms with Crippen molar-refractivity contribution in [2.75, 3.05) is 31.6 Å². The Morgan fingerprint density at radius 3 is 2.63 bits per heavy atom. The molecule has 2 saturated heterocycles. The van der Waals surface area contributed by atoms with E-state index in [1.807, 2.05) is 44.2 Å². The molecular weight excluding hydrogens is 625 g/mol. The van der Waals surface area contributed by atoms with E-state index in [2.05, 4.69) is 15.6 Å². The van der Waals surface area contributed by atoms with Gasteiger partial charge >= 0.3 is 0 Å². The number of hydrogen-bond donors (Lipinski definition) is 3. The Morgan fingerprint density at radius 2 is 1.87 bits per heavy atom. The lowest BCUT2D eigenvalue weighted by Crippen LogP contribution is -2.51. The molecule has 12 heteroatoms. The van der Waals surface area contributed by atoms with E-state index >= 15 is 0 Å². The summed E-state index contributed by atoms with van der Waals surface area (Å²) in [5.41, 5.74) is 1.71. The molecule has 2 aliphatic carbocycles. The summed E-state index contributed by atoms with van der Waals surface area (Å²) in [7, 11) is -3.96. The van der Waals surface area contributed by atoms with Crippen LogP contribution < -0.4 is 10.6 Å². The number of fused-ring (bicyclic) bond motifs is 2. The molecule has 7 atom stereocenters. The molecule has 2 aliphatic heterocycles. The van der Waals surface area contributed by atoms with Crippen molar-refractivity contribution in [3.8, 4) is 0 Å². The number of aliphatic hydroxyl groups is 1. The summed E-state index contributed by atoms with van der Waals surface area (Å²) >= 11 is 1.45. The van der Waals surface area contributed by atoms with Crippen LogP contribution in [0.4, 0.5) is 5.13 Å². The Balaban J connectivity index is 1.09. The van der Waals surface area contributed by atoms with Crippen LogP contribution in [-0.2, 0) is 30.7 Å². The van der Waals surface area contributed by atoms with Crippen molar-refractivity contribution < 1.29 is 27.8 Å². The van der Waals surface area contributed by atoms with Gasteiger partial charge in [0.05, 0.1) is 40.5 Å². The number of carbonyl (C=O) groups excluding carboxylic acids is 1. The van der Waals surface area contributed by atoms with Gasteiger partial charge in [0.15, 0.2) is 11.4 Å². The summed E-state index contributed by atoms with van der Waals surface area (Å²) in [5, 5.41) is 19.0. The van der Waals surface area contributed by atoms with Crippen molar-refractivity contribution in [2.24, 2.45) is 29.6 Å². The van der Waals surface area contributed by atoms with E-state index in [0.717, 1.165) is 40.2 Å². The van der Waals surface area contributed by atoms with Gasteiger partial charge in [-0.1, -0.05) is 55.5 Å². The highest BCUT2D eigenvalue weighted by atomic mass is 32.2. The molecule has 2 bridgehead atoms. The first-order chi connectivity index (χ1) is 22.1. The van der Waals surface area contributed by atoms with E-state index in [-0.39, 0.29) is 42.0 Å². The average molecular weight is 669 g/mol. The summed E-state index contributed by atoms with van der Waals surface area (Å²) in [4.78, 5) is 18.4. The van der Waals surface area contributed by atoms with E-state index in [9.17, 15) is 18.3 Å². The number of nitrogens with zero attached hydrogens (tertiary/aromatic N) is 2. The number of aromatic nitrogens is 1. The lowest BCUT2D eigenvalue weighted by Gasteiger charge is -2.31.